The summed E-state index contributed by atoms with van der Waals surface area (Å²) >= 11 is 0. The molecule has 1 aliphatic rings. The molecule has 0 atom stereocenters. The molecule has 1 aliphatic carbocycles. The maximum absolute atomic E-state index is 2.18. The normalized spacial score (nSPS) is 12.0. The van der Waals surface area contributed by atoms with Crippen molar-refractivity contribution in [1.82, 2.24) is 0 Å². The van der Waals surface area contributed by atoms with Gasteiger partial charge >= 0.3 is 0 Å². The molecular formula is C15H11Zr. The summed E-state index contributed by atoms with van der Waals surface area (Å²) in [5.74, 6) is 0. The summed E-state index contributed by atoms with van der Waals surface area (Å²) in [5, 5.41) is 0. The standard InChI is InChI=1S/C15H11.Zr/c1-2-6-12(7-3-1)14-10-4-8-13-9-5-11-15(13)14;/h1-11H;. The fraction of sp³-hybridized carbons (Fsp3) is 0. The van der Waals surface area contributed by atoms with E-state index in [1.165, 1.54) is 22.3 Å². The van der Waals surface area contributed by atoms with E-state index >= 15 is 0 Å². The van der Waals surface area contributed by atoms with Crippen LogP contribution in [0.15, 0.2) is 54.6 Å². The molecule has 0 saturated heterocycles. The quantitative estimate of drug-likeness (QED) is 0.743. The van der Waals surface area contributed by atoms with Crippen molar-refractivity contribution in [3.05, 3.63) is 72.2 Å². The monoisotopic (exact) mass is 281 g/mol. The number of hydrogen-bond donors (Lipinski definition) is 0. The van der Waals surface area contributed by atoms with Crippen LogP contribution >= 0.6 is 0 Å². The molecule has 0 nitrogen and oxygen atoms in total. The first kappa shape index (κ1) is 11.5. The molecule has 0 aliphatic heterocycles. The van der Waals surface area contributed by atoms with Crippen LogP contribution in [0.4, 0.5) is 0 Å². The van der Waals surface area contributed by atoms with Gasteiger partial charge in [0.1, 0.15) is 0 Å². The van der Waals surface area contributed by atoms with Gasteiger partial charge in [0, 0.05) is 32.6 Å². The molecule has 0 amide bonds. The predicted molar refractivity (Wildman–Crippen MR) is 64.3 cm³/mol. The summed E-state index contributed by atoms with van der Waals surface area (Å²) in [6, 6.07) is 17.0. The van der Waals surface area contributed by atoms with Crippen molar-refractivity contribution in [3.8, 4) is 11.1 Å². The Hall–Kier alpha value is -0.937. The van der Waals surface area contributed by atoms with Crippen LogP contribution < -0.4 is 0 Å². The van der Waals surface area contributed by atoms with Crippen LogP contribution in [-0.2, 0) is 26.2 Å². The van der Waals surface area contributed by atoms with Gasteiger partial charge in [0.2, 0.25) is 0 Å². The molecule has 2 aromatic carbocycles. The van der Waals surface area contributed by atoms with Crippen LogP contribution in [0.1, 0.15) is 11.1 Å². The van der Waals surface area contributed by atoms with Crippen molar-refractivity contribution >= 4 is 6.08 Å². The molecule has 75 valence electrons. The van der Waals surface area contributed by atoms with E-state index in [1.54, 1.807) is 0 Å². The smallest absolute Gasteiger partial charge is 0.0131 e. The molecule has 0 aromatic heterocycles. The number of benzene rings is 2. The van der Waals surface area contributed by atoms with Gasteiger partial charge in [0.05, 0.1) is 0 Å². The summed E-state index contributed by atoms with van der Waals surface area (Å²) in [6.45, 7) is 0. The van der Waals surface area contributed by atoms with E-state index in [1.807, 2.05) is 0 Å². The summed E-state index contributed by atoms with van der Waals surface area (Å²) in [6.07, 6.45) is 6.44. The van der Waals surface area contributed by atoms with Gasteiger partial charge in [-0.05, 0) is 22.3 Å². The molecule has 16 heavy (non-hydrogen) atoms. The third kappa shape index (κ3) is 1.97. The predicted octanol–water partition coefficient (Wildman–Crippen LogP) is 3.93. The maximum Gasteiger partial charge on any atom is 0.0131 e. The molecule has 1 heteroatoms. The molecule has 1 radical (unpaired) electrons. The first-order valence-electron chi connectivity index (χ1n) is 5.15. The molecule has 0 heterocycles. The number of rotatable bonds is 1. The number of fused-ring (bicyclic) bond motifs is 1. The van der Waals surface area contributed by atoms with E-state index in [4.69, 9.17) is 0 Å². The van der Waals surface area contributed by atoms with Crippen molar-refractivity contribution < 1.29 is 26.2 Å². The average Bonchev–Trinajstić information content (AvgIpc) is 2.78. The summed E-state index contributed by atoms with van der Waals surface area (Å²) in [5.41, 5.74) is 5.26. The molecule has 0 saturated carbocycles. The van der Waals surface area contributed by atoms with E-state index in [-0.39, 0.29) is 26.2 Å². The molecule has 2 aromatic rings. The van der Waals surface area contributed by atoms with Crippen molar-refractivity contribution in [2.45, 2.75) is 0 Å². The molecule has 0 spiro atoms. The van der Waals surface area contributed by atoms with E-state index in [0.717, 1.165) is 0 Å². The Morgan fingerprint density at radius 2 is 1.56 bits per heavy atom. The second kappa shape index (κ2) is 4.93. The Balaban J connectivity index is 0.000000963. The van der Waals surface area contributed by atoms with E-state index in [0.29, 0.717) is 0 Å². The Kier molecular flexibility index (Phi) is 3.56. The minimum Gasteiger partial charge on any atom is -0.0754 e. The summed E-state index contributed by atoms with van der Waals surface area (Å²) < 4.78 is 0. The third-order valence-electron chi connectivity index (χ3n) is 2.76. The fourth-order valence-corrected chi connectivity index (χ4v) is 2.03. The molecule has 0 bridgehead atoms. The van der Waals surface area contributed by atoms with Crippen molar-refractivity contribution in [2.24, 2.45) is 0 Å². The summed E-state index contributed by atoms with van der Waals surface area (Å²) in [4.78, 5) is 0. The van der Waals surface area contributed by atoms with Crippen LogP contribution in [0.3, 0.4) is 0 Å². The topological polar surface area (TPSA) is 0 Å². The van der Waals surface area contributed by atoms with Crippen LogP contribution in [0.5, 0.6) is 0 Å². The second-order valence-corrected chi connectivity index (χ2v) is 3.70. The Morgan fingerprint density at radius 3 is 2.38 bits per heavy atom. The van der Waals surface area contributed by atoms with E-state index in [9.17, 15) is 0 Å². The SMILES string of the molecule is [CH]1C=Cc2c1cccc2-c1ccccc1.[Zr]. The van der Waals surface area contributed by atoms with Gasteiger partial charge < -0.3 is 0 Å². The maximum atomic E-state index is 2.18. The first-order valence-corrected chi connectivity index (χ1v) is 5.15. The van der Waals surface area contributed by atoms with Gasteiger partial charge in [0.15, 0.2) is 0 Å². The molecule has 3 rings (SSSR count). The molecule has 0 N–H and O–H groups in total. The van der Waals surface area contributed by atoms with Crippen molar-refractivity contribution in [2.75, 3.05) is 0 Å². The van der Waals surface area contributed by atoms with Gasteiger partial charge in [-0.2, -0.15) is 0 Å². The zero-order valence-electron chi connectivity index (χ0n) is 8.85. The molecule has 0 fully saturated rings. The minimum absolute atomic E-state index is 0. The van der Waals surface area contributed by atoms with Gasteiger partial charge in [-0.25, -0.2) is 0 Å². The van der Waals surface area contributed by atoms with Crippen molar-refractivity contribution in [1.29, 1.82) is 0 Å². The molecule has 0 unspecified atom stereocenters. The number of hydrogen-bond acceptors (Lipinski definition) is 0. The Bertz CT molecular complexity index is 512. The van der Waals surface area contributed by atoms with Gasteiger partial charge in [-0.15, -0.1) is 0 Å². The fourth-order valence-electron chi connectivity index (χ4n) is 2.03. The van der Waals surface area contributed by atoms with E-state index in [2.05, 4.69) is 67.1 Å². The summed E-state index contributed by atoms with van der Waals surface area (Å²) in [7, 11) is 0. The van der Waals surface area contributed by atoms with Crippen LogP contribution in [0, 0.1) is 6.42 Å². The number of allylic oxidation sites excluding steroid dienone is 1. The second-order valence-electron chi connectivity index (χ2n) is 3.70. The van der Waals surface area contributed by atoms with Crippen LogP contribution in [-0.4, -0.2) is 0 Å². The average molecular weight is 282 g/mol. The van der Waals surface area contributed by atoms with Crippen LogP contribution in [0.25, 0.3) is 17.2 Å². The van der Waals surface area contributed by atoms with Crippen LogP contribution in [0.2, 0.25) is 0 Å². The van der Waals surface area contributed by atoms with Gasteiger partial charge in [-0.3, -0.25) is 0 Å². The zero-order valence-corrected chi connectivity index (χ0v) is 11.3. The first-order chi connectivity index (χ1) is 7.45. The van der Waals surface area contributed by atoms with Gasteiger partial charge in [-0.1, -0.05) is 60.7 Å². The minimum atomic E-state index is 0. The van der Waals surface area contributed by atoms with E-state index < -0.39 is 0 Å². The van der Waals surface area contributed by atoms with Gasteiger partial charge in [0.25, 0.3) is 0 Å². The Labute approximate surface area is 115 Å². The molecular weight excluding hydrogens is 271 g/mol. The third-order valence-corrected chi connectivity index (χ3v) is 2.76. The van der Waals surface area contributed by atoms with Crippen molar-refractivity contribution in [3.63, 3.8) is 0 Å². The Morgan fingerprint density at radius 1 is 0.750 bits per heavy atom. The zero-order chi connectivity index (χ0) is 10.1. The largest absolute Gasteiger partial charge is 0.0754 e.